The predicted octanol–water partition coefficient (Wildman–Crippen LogP) is 3.01. The van der Waals surface area contributed by atoms with Crippen LogP contribution in [0.25, 0.3) is 0 Å². The van der Waals surface area contributed by atoms with Crippen molar-refractivity contribution in [1.82, 2.24) is 0 Å². The van der Waals surface area contributed by atoms with E-state index >= 15 is 0 Å². The highest BCUT2D eigenvalue weighted by atomic mass is 127. The molecule has 0 saturated heterocycles. The molecular formula is C9H9IOS. The Kier molecular flexibility index (Phi) is 3.46. The number of aryl methyl sites for hydroxylation is 1. The zero-order valence-corrected chi connectivity index (χ0v) is 9.68. The van der Waals surface area contributed by atoms with Gasteiger partial charge < -0.3 is 0 Å². The van der Waals surface area contributed by atoms with Gasteiger partial charge in [0.1, 0.15) is 0 Å². The SMILES string of the molecule is C=C(I)[S@@](=O)c1ccc(C)cc1. The fourth-order valence-corrected chi connectivity index (χ4v) is 2.19. The Balaban J connectivity index is 2.98. The highest BCUT2D eigenvalue weighted by Gasteiger charge is 2.03. The van der Waals surface area contributed by atoms with Gasteiger partial charge >= 0.3 is 0 Å². The third-order valence-electron chi connectivity index (χ3n) is 1.44. The fraction of sp³-hybridized carbons (Fsp3) is 0.111. The first kappa shape index (κ1) is 9.92. The van der Waals surface area contributed by atoms with Crippen LogP contribution < -0.4 is 0 Å². The lowest BCUT2D eigenvalue weighted by atomic mass is 10.2. The summed E-state index contributed by atoms with van der Waals surface area (Å²) in [5, 5.41) is 0. The zero-order valence-electron chi connectivity index (χ0n) is 6.71. The van der Waals surface area contributed by atoms with Crippen molar-refractivity contribution in [2.24, 2.45) is 0 Å². The van der Waals surface area contributed by atoms with E-state index in [1.807, 2.05) is 53.8 Å². The van der Waals surface area contributed by atoms with Gasteiger partial charge in [0.05, 0.1) is 13.7 Å². The lowest BCUT2D eigenvalue weighted by Gasteiger charge is -1.99. The van der Waals surface area contributed by atoms with Crippen molar-refractivity contribution in [3.8, 4) is 0 Å². The van der Waals surface area contributed by atoms with E-state index in [1.165, 1.54) is 5.56 Å². The average Bonchev–Trinajstić information content (AvgIpc) is 2.04. The van der Waals surface area contributed by atoms with Gasteiger partial charge in [-0.05, 0) is 41.6 Å². The molecule has 12 heavy (non-hydrogen) atoms. The highest BCUT2D eigenvalue weighted by molar-refractivity contribution is 14.1. The molecule has 0 amide bonds. The molecule has 0 radical (unpaired) electrons. The lowest BCUT2D eigenvalue weighted by Crippen LogP contribution is -1.88. The van der Waals surface area contributed by atoms with Crippen LogP contribution >= 0.6 is 22.6 Å². The molecule has 0 aliphatic heterocycles. The predicted molar refractivity (Wildman–Crippen MR) is 60.7 cm³/mol. The van der Waals surface area contributed by atoms with E-state index in [0.717, 1.165) is 4.90 Å². The van der Waals surface area contributed by atoms with Gasteiger partial charge in [0.25, 0.3) is 0 Å². The second-order valence-corrected chi connectivity index (χ2v) is 5.97. The summed E-state index contributed by atoms with van der Waals surface area (Å²) in [6.45, 7) is 5.65. The summed E-state index contributed by atoms with van der Waals surface area (Å²) in [7, 11) is -1.05. The van der Waals surface area contributed by atoms with Crippen molar-refractivity contribution >= 4 is 33.4 Å². The maximum atomic E-state index is 11.5. The van der Waals surface area contributed by atoms with E-state index in [9.17, 15) is 4.21 Å². The molecule has 0 aliphatic rings. The Bertz CT molecular complexity index is 316. The lowest BCUT2D eigenvalue weighted by molar-refractivity contribution is 0.688. The van der Waals surface area contributed by atoms with Gasteiger partial charge in [0, 0.05) is 4.90 Å². The molecule has 0 unspecified atom stereocenters. The van der Waals surface area contributed by atoms with E-state index < -0.39 is 10.8 Å². The minimum absolute atomic E-state index is 0.663. The molecule has 64 valence electrons. The Morgan fingerprint density at radius 3 is 2.33 bits per heavy atom. The molecule has 0 aromatic heterocycles. The largest absolute Gasteiger partial charge is 0.249 e. The standard InChI is InChI=1S/C9H9IOS/c1-7-3-5-9(6-4-7)12(11)8(2)10/h3-6H,2H2,1H3/t12-/m1/s1. The topological polar surface area (TPSA) is 17.1 Å². The normalized spacial score (nSPS) is 12.5. The third kappa shape index (κ3) is 2.42. The first-order valence-corrected chi connectivity index (χ1v) is 5.67. The number of halogens is 1. The van der Waals surface area contributed by atoms with Gasteiger partial charge in [-0.15, -0.1) is 0 Å². The van der Waals surface area contributed by atoms with Crippen LogP contribution in [-0.4, -0.2) is 4.21 Å². The molecular weight excluding hydrogens is 283 g/mol. The quantitative estimate of drug-likeness (QED) is 0.766. The summed E-state index contributed by atoms with van der Waals surface area (Å²) >= 11 is 1.99. The van der Waals surface area contributed by atoms with Gasteiger partial charge in [-0.1, -0.05) is 24.3 Å². The minimum Gasteiger partial charge on any atom is -0.249 e. The van der Waals surface area contributed by atoms with Gasteiger partial charge in [-0.2, -0.15) is 0 Å². The van der Waals surface area contributed by atoms with Crippen LogP contribution in [0.2, 0.25) is 0 Å². The van der Waals surface area contributed by atoms with Crippen molar-refractivity contribution in [3.63, 3.8) is 0 Å². The molecule has 1 aromatic carbocycles. The van der Waals surface area contributed by atoms with Gasteiger partial charge in [-0.25, -0.2) is 4.21 Å². The summed E-state index contributed by atoms with van der Waals surface area (Å²) in [4.78, 5) is 0.819. The Morgan fingerprint density at radius 2 is 1.92 bits per heavy atom. The first-order valence-electron chi connectivity index (χ1n) is 3.44. The Hall–Kier alpha value is -0.160. The third-order valence-corrected chi connectivity index (χ3v) is 3.74. The molecule has 0 spiro atoms. The van der Waals surface area contributed by atoms with Crippen molar-refractivity contribution < 1.29 is 4.21 Å². The molecule has 0 N–H and O–H groups in total. The second-order valence-electron chi connectivity index (χ2n) is 2.44. The van der Waals surface area contributed by atoms with Gasteiger partial charge in [0.15, 0.2) is 0 Å². The smallest absolute Gasteiger partial charge is 0.0905 e. The number of benzene rings is 1. The summed E-state index contributed by atoms with van der Waals surface area (Å²) < 4.78 is 12.1. The second kappa shape index (κ2) is 4.18. The maximum Gasteiger partial charge on any atom is 0.0905 e. The molecule has 3 heteroatoms. The zero-order chi connectivity index (χ0) is 9.14. The van der Waals surface area contributed by atoms with Crippen LogP contribution in [0.3, 0.4) is 0 Å². The van der Waals surface area contributed by atoms with E-state index in [4.69, 9.17) is 0 Å². The first-order chi connectivity index (χ1) is 5.61. The molecule has 0 saturated carbocycles. The van der Waals surface area contributed by atoms with Crippen molar-refractivity contribution in [1.29, 1.82) is 0 Å². The minimum atomic E-state index is -1.05. The van der Waals surface area contributed by atoms with E-state index in [2.05, 4.69) is 6.58 Å². The number of hydrogen-bond donors (Lipinski definition) is 0. The van der Waals surface area contributed by atoms with Crippen LogP contribution in [0.15, 0.2) is 38.7 Å². The molecule has 0 fully saturated rings. The molecule has 0 bridgehead atoms. The van der Waals surface area contributed by atoms with E-state index in [1.54, 1.807) is 0 Å². The number of hydrogen-bond acceptors (Lipinski definition) is 1. The monoisotopic (exact) mass is 292 g/mol. The molecule has 1 rings (SSSR count). The fourth-order valence-electron chi connectivity index (χ4n) is 0.790. The molecule has 1 atom stereocenters. The van der Waals surface area contributed by atoms with Crippen LogP contribution in [0.1, 0.15) is 5.56 Å². The summed E-state index contributed by atoms with van der Waals surface area (Å²) in [6, 6.07) is 7.64. The van der Waals surface area contributed by atoms with E-state index in [-0.39, 0.29) is 0 Å². The van der Waals surface area contributed by atoms with Gasteiger partial charge in [0.2, 0.25) is 0 Å². The number of rotatable bonds is 2. The molecule has 0 heterocycles. The van der Waals surface area contributed by atoms with Gasteiger partial charge in [-0.3, -0.25) is 0 Å². The van der Waals surface area contributed by atoms with Crippen molar-refractivity contribution in [2.75, 3.05) is 0 Å². The van der Waals surface area contributed by atoms with Crippen LogP contribution in [0.4, 0.5) is 0 Å². The summed E-state index contributed by atoms with van der Waals surface area (Å²) in [5.41, 5.74) is 1.18. The van der Waals surface area contributed by atoms with Crippen LogP contribution in [0, 0.1) is 6.92 Å². The molecule has 0 aliphatic carbocycles. The average molecular weight is 292 g/mol. The Labute approximate surface area is 88.5 Å². The van der Waals surface area contributed by atoms with Crippen LogP contribution in [0.5, 0.6) is 0 Å². The summed E-state index contributed by atoms with van der Waals surface area (Å²) in [6.07, 6.45) is 0. The molecule has 1 aromatic rings. The van der Waals surface area contributed by atoms with Crippen molar-refractivity contribution in [2.45, 2.75) is 11.8 Å². The van der Waals surface area contributed by atoms with E-state index in [0.29, 0.717) is 2.91 Å². The maximum absolute atomic E-state index is 11.5. The van der Waals surface area contributed by atoms with Crippen molar-refractivity contribution in [3.05, 3.63) is 39.3 Å². The summed E-state index contributed by atoms with van der Waals surface area (Å²) in [5.74, 6) is 0. The van der Waals surface area contributed by atoms with Crippen LogP contribution in [-0.2, 0) is 10.8 Å². The molecule has 1 nitrogen and oxygen atoms in total. The Morgan fingerprint density at radius 1 is 1.42 bits per heavy atom. The highest BCUT2D eigenvalue weighted by Crippen LogP contribution is 2.17.